The minimum absolute atomic E-state index is 0.148. The Balaban J connectivity index is 1.94. The molecule has 0 fully saturated rings. The van der Waals surface area contributed by atoms with E-state index in [0.717, 1.165) is 16.9 Å². The molecule has 1 aromatic heterocycles. The maximum atomic E-state index is 12.1. The summed E-state index contributed by atoms with van der Waals surface area (Å²) >= 11 is 0. The number of pyridine rings is 1. The number of carbonyl (C=O) groups is 1. The van der Waals surface area contributed by atoms with Crippen LogP contribution in [0.1, 0.15) is 21.6 Å². The number of nitrogens with zero attached hydrogens (tertiary/aromatic N) is 1. The van der Waals surface area contributed by atoms with Crippen molar-refractivity contribution in [3.63, 3.8) is 0 Å². The number of phenolic OH excluding ortho intramolecular Hbond substituents is 1. The number of carbonyl (C=O) groups excluding carboxylic acids is 1. The summed E-state index contributed by atoms with van der Waals surface area (Å²) in [6.45, 7) is 2.41. The average Bonchev–Trinajstić information content (AvgIpc) is 2.49. The summed E-state index contributed by atoms with van der Waals surface area (Å²) in [4.78, 5) is 16.3. The van der Waals surface area contributed by atoms with Gasteiger partial charge in [-0.15, -0.1) is 0 Å². The van der Waals surface area contributed by atoms with Crippen LogP contribution in [0.5, 0.6) is 5.75 Å². The second-order valence-electron chi connectivity index (χ2n) is 4.79. The lowest BCUT2D eigenvalue weighted by atomic mass is 10.1. The molecule has 0 bridgehead atoms. The highest BCUT2D eigenvalue weighted by molar-refractivity contribution is 5.99. The van der Waals surface area contributed by atoms with Crippen molar-refractivity contribution in [3.8, 4) is 5.75 Å². The van der Waals surface area contributed by atoms with Crippen molar-refractivity contribution >= 4 is 11.6 Å². The predicted molar refractivity (Wildman–Crippen MR) is 82.7 cm³/mol. The number of rotatable bonds is 5. The third-order valence-electron chi connectivity index (χ3n) is 3.19. The Morgan fingerprint density at radius 1 is 1.29 bits per heavy atom. The van der Waals surface area contributed by atoms with Gasteiger partial charge in [-0.2, -0.15) is 0 Å². The second-order valence-corrected chi connectivity index (χ2v) is 4.79. The molecule has 0 saturated carbocycles. The number of anilines is 1. The minimum atomic E-state index is -0.148. The molecule has 5 nitrogen and oxygen atoms in total. The molecule has 5 heteroatoms. The first kappa shape index (κ1) is 14.8. The summed E-state index contributed by atoms with van der Waals surface area (Å²) in [6.07, 6.45) is 2.29. The number of nitrogens with one attached hydrogen (secondary N) is 2. The number of phenols is 1. The van der Waals surface area contributed by atoms with Gasteiger partial charge in [0.15, 0.2) is 0 Å². The second kappa shape index (κ2) is 6.74. The fraction of sp³-hybridized carbons (Fsp3) is 0.250. The van der Waals surface area contributed by atoms with Crippen molar-refractivity contribution in [2.75, 3.05) is 18.9 Å². The molecule has 0 aliphatic carbocycles. The van der Waals surface area contributed by atoms with Crippen molar-refractivity contribution < 1.29 is 9.90 Å². The first-order valence-electron chi connectivity index (χ1n) is 6.80. The molecule has 0 atom stereocenters. The van der Waals surface area contributed by atoms with Crippen LogP contribution in [0.4, 0.5) is 5.69 Å². The Hall–Kier alpha value is -2.56. The number of benzene rings is 1. The van der Waals surface area contributed by atoms with E-state index in [4.69, 9.17) is 0 Å². The topological polar surface area (TPSA) is 74.2 Å². The Kier molecular flexibility index (Phi) is 4.77. The fourth-order valence-electron chi connectivity index (χ4n) is 2.03. The number of hydrogen-bond acceptors (Lipinski definition) is 4. The van der Waals surface area contributed by atoms with Crippen LogP contribution in [-0.2, 0) is 6.42 Å². The van der Waals surface area contributed by atoms with Gasteiger partial charge in [0.25, 0.3) is 5.91 Å². The van der Waals surface area contributed by atoms with Crippen LogP contribution in [0.25, 0.3) is 0 Å². The van der Waals surface area contributed by atoms with Crippen LogP contribution >= 0.6 is 0 Å². The number of hydrogen-bond donors (Lipinski definition) is 3. The first-order valence-corrected chi connectivity index (χ1v) is 6.80. The van der Waals surface area contributed by atoms with Crippen molar-refractivity contribution in [2.24, 2.45) is 0 Å². The van der Waals surface area contributed by atoms with Gasteiger partial charge in [-0.05, 0) is 37.1 Å². The van der Waals surface area contributed by atoms with Crippen molar-refractivity contribution in [1.82, 2.24) is 10.3 Å². The van der Waals surface area contributed by atoms with E-state index in [-0.39, 0.29) is 11.7 Å². The average molecular weight is 285 g/mol. The Morgan fingerprint density at radius 3 is 2.67 bits per heavy atom. The molecule has 3 N–H and O–H groups in total. The van der Waals surface area contributed by atoms with Crippen LogP contribution < -0.4 is 10.6 Å². The number of aryl methyl sites for hydroxylation is 1. The molecule has 1 heterocycles. The van der Waals surface area contributed by atoms with Crippen molar-refractivity contribution in [1.29, 1.82) is 0 Å². The van der Waals surface area contributed by atoms with Gasteiger partial charge >= 0.3 is 0 Å². The van der Waals surface area contributed by atoms with Crippen molar-refractivity contribution in [3.05, 3.63) is 53.3 Å². The van der Waals surface area contributed by atoms with E-state index < -0.39 is 0 Å². The highest BCUT2D eigenvalue weighted by atomic mass is 16.3. The lowest BCUT2D eigenvalue weighted by Crippen LogP contribution is -2.26. The standard InChI is InChI=1S/C16H19N3O2/c1-11-9-15(17-2)14(10-19-11)16(21)18-8-7-12-3-5-13(20)6-4-12/h3-6,9-10,20H,7-8H2,1-2H3,(H,17,19)(H,18,21). The zero-order valence-corrected chi connectivity index (χ0v) is 12.2. The number of aromatic nitrogens is 1. The minimum Gasteiger partial charge on any atom is -0.508 e. The lowest BCUT2D eigenvalue weighted by molar-refractivity contribution is 0.0954. The van der Waals surface area contributed by atoms with Crippen LogP contribution in [0.2, 0.25) is 0 Å². The number of aromatic hydroxyl groups is 1. The van der Waals surface area contributed by atoms with Gasteiger partial charge in [0.2, 0.25) is 0 Å². The molecule has 0 unspecified atom stereocenters. The zero-order chi connectivity index (χ0) is 15.2. The van der Waals surface area contributed by atoms with Crippen LogP contribution in [0.3, 0.4) is 0 Å². The molecule has 1 aromatic carbocycles. The SMILES string of the molecule is CNc1cc(C)ncc1C(=O)NCCc1ccc(O)cc1. The van der Waals surface area contributed by atoms with Crippen LogP contribution in [-0.4, -0.2) is 29.6 Å². The molecule has 0 saturated heterocycles. The Labute approximate surface area is 124 Å². The quantitative estimate of drug-likeness (QED) is 0.786. The van der Waals surface area contributed by atoms with E-state index in [1.807, 2.05) is 25.1 Å². The molecule has 1 amide bonds. The maximum absolute atomic E-state index is 12.1. The molecule has 110 valence electrons. The van der Waals surface area contributed by atoms with Gasteiger partial charge in [-0.1, -0.05) is 12.1 Å². The molecular weight excluding hydrogens is 266 g/mol. The van der Waals surface area contributed by atoms with Gasteiger partial charge in [0.05, 0.1) is 11.3 Å². The summed E-state index contributed by atoms with van der Waals surface area (Å²) in [6, 6.07) is 8.80. The molecule has 0 spiro atoms. The van der Waals surface area contributed by atoms with E-state index in [1.165, 1.54) is 0 Å². The monoisotopic (exact) mass is 285 g/mol. The highest BCUT2D eigenvalue weighted by Gasteiger charge is 2.11. The number of amides is 1. The largest absolute Gasteiger partial charge is 0.508 e. The maximum Gasteiger partial charge on any atom is 0.254 e. The third kappa shape index (κ3) is 3.95. The molecule has 0 aliphatic rings. The molecular formula is C16H19N3O2. The normalized spacial score (nSPS) is 10.2. The summed E-state index contributed by atoms with van der Waals surface area (Å²) in [5.41, 5.74) is 3.22. The summed E-state index contributed by atoms with van der Waals surface area (Å²) in [7, 11) is 1.78. The first-order chi connectivity index (χ1) is 10.1. The lowest BCUT2D eigenvalue weighted by Gasteiger charge is -2.10. The Morgan fingerprint density at radius 2 is 2.00 bits per heavy atom. The van der Waals surface area contributed by atoms with Crippen LogP contribution in [0.15, 0.2) is 36.5 Å². The van der Waals surface area contributed by atoms with E-state index in [9.17, 15) is 9.90 Å². The summed E-state index contributed by atoms with van der Waals surface area (Å²) < 4.78 is 0. The Bertz CT molecular complexity index is 624. The molecule has 2 aromatic rings. The van der Waals surface area contributed by atoms with E-state index >= 15 is 0 Å². The summed E-state index contributed by atoms with van der Waals surface area (Å²) in [5, 5.41) is 15.1. The predicted octanol–water partition coefficient (Wildman–Crippen LogP) is 2.11. The third-order valence-corrected chi connectivity index (χ3v) is 3.19. The fourth-order valence-corrected chi connectivity index (χ4v) is 2.03. The smallest absolute Gasteiger partial charge is 0.254 e. The van der Waals surface area contributed by atoms with Crippen molar-refractivity contribution in [2.45, 2.75) is 13.3 Å². The molecule has 2 rings (SSSR count). The zero-order valence-electron chi connectivity index (χ0n) is 12.2. The van der Waals surface area contributed by atoms with Gasteiger partial charge in [0, 0.05) is 25.5 Å². The molecule has 0 aliphatic heterocycles. The van der Waals surface area contributed by atoms with Gasteiger partial charge in [0.1, 0.15) is 5.75 Å². The highest BCUT2D eigenvalue weighted by Crippen LogP contribution is 2.15. The van der Waals surface area contributed by atoms with Crippen LogP contribution in [0, 0.1) is 6.92 Å². The summed E-state index contributed by atoms with van der Waals surface area (Å²) in [5.74, 6) is 0.0952. The van der Waals surface area contributed by atoms with Gasteiger partial charge in [-0.3, -0.25) is 9.78 Å². The van der Waals surface area contributed by atoms with E-state index in [2.05, 4.69) is 15.6 Å². The molecule has 21 heavy (non-hydrogen) atoms. The van der Waals surface area contributed by atoms with Gasteiger partial charge in [-0.25, -0.2) is 0 Å². The molecule has 0 radical (unpaired) electrons. The van der Waals surface area contributed by atoms with E-state index in [0.29, 0.717) is 18.5 Å². The van der Waals surface area contributed by atoms with E-state index in [1.54, 1.807) is 25.4 Å². The van der Waals surface area contributed by atoms with Gasteiger partial charge < -0.3 is 15.7 Å².